The second kappa shape index (κ2) is 4.38. The molecule has 0 aliphatic heterocycles. The Morgan fingerprint density at radius 1 is 1.29 bits per heavy atom. The van der Waals surface area contributed by atoms with Gasteiger partial charge in [0.1, 0.15) is 16.3 Å². The monoisotopic (exact) mass is 259 g/mol. The molecule has 0 radical (unpaired) electrons. The quantitative estimate of drug-likeness (QED) is 0.767. The van der Waals surface area contributed by atoms with Gasteiger partial charge in [-0.25, -0.2) is 12.8 Å². The Balaban J connectivity index is 3.35. The van der Waals surface area contributed by atoms with Crippen molar-refractivity contribution in [2.45, 2.75) is 38.8 Å². The molecule has 1 aromatic rings. The molecule has 0 amide bonds. The highest BCUT2D eigenvalue weighted by molar-refractivity contribution is 7.85. The van der Waals surface area contributed by atoms with Crippen LogP contribution in [0.4, 0.5) is 4.39 Å². The average Bonchev–Trinajstić information content (AvgIpc) is 2.14. The van der Waals surface area contributed by atoms with Crippen LogP contribution in [0.5, 0.6) is 0 Å². The summed E-state index contributed by atoms with van der Waals surface area (Å²) in [7, 11) is -4.54. The van der Waals surface area contributed by atoms with Crippen molar-refractivity contribution in [2.75, 3.05) is 0 Å². The fourth-order valence-corrected chi connectivity index (χ4v) is 2.02. The Bertz CT molecular complexity index is 515. The number of aryl methyl sites for hydroxylation is 1. The summed E-state index contributed by atoms with van der Waals surface area (Å²) in [6.07, 6.45) is -1.32. The van der Waals surface area contributed by atoms with Crippen LogP contribution in [0, 0.1) is 12.3 Å². The zero-order chi connectivity index (χ0) is 13.4. The van der Waals surface area contributed by atoms with Crippen LogP contribution in [0.25, 0.3) is 0 Å². The van der Waals surface area contributed by atoms with E-state index in [1.54, 1.807) is 27.7 Å². The summed E-state index contributed by atoms with van der Waals surface area (Å²) in [5, 5.41) is 0. The molecule has 5 heteroatoms. The first kappa shape index (κ1) is 14.1. The van der Waals surface area contributed by atoms with Gasteiger partial charge in [-0.05, 0) is 35.6 Å². The van der Waals surface area contributed by atoms with E-state index in [4.69, 9.17) is 0 Å². The Hall–Kier alpha value is -0.940. The van der Waals surface area contributed by atoms with Crippen molar-refractivity contribution in [3.8, 4) is 0 Å². The fraction of sp³-hybridized carbons (Fsp3) is 0.500. The van der Waals surface area contributed by atoms with Gasteiger partial charge in [-0.15, -0.1) is 0 Å². The van der Waals surface area contributed by atoms with Gasteiger partial charge in [-0.1, -0.05) is 26.8 Å². The molecule has 1 atom stereocenters. The highest BCUT2D eigenvalue weighted by Gasteiger charge is 2.27. The minimum Gasteiger partial charge on any atom is -0.744 e. The van der Waals surface area contributed by atoms with Crippen LogP contribution < -0.4 is 0 Å². The van der Waals surface area contributed by atoms with Crippen LogP contribution in [0.15, 0.2) is 23.1 Å². The van der Waals surface area contributed by atoms with E-state index in [-0.39, 0.29) is 10.5 Å². The van der Waals surface area contributed by atoms with Gasteiger partial charge in [-0.2, -0.15) is 0 Å². The largest absolute Gasteiger partial charge is 0.744 e. The average molecular weight is 259 g/mol. The SMILES string of the molecule is Cc1ccc(S(=O)(=O)[O-])cc1C(F)C(C)(C)C. The summed E-state index contributed by atoms with van der Waals surface area (Å²) in [5.74, 6) is 0. The summed E-state index contributed by atoms with van der Waals surface area (Å²) in [6.45, 7) is 6.84. The zero-order valence-corrected chi connectivity index (χ0v) is 11.1. The third-order valence-corrected chi connectivity index (χ3v) is 3.40. The highest BCUT2D eigenvalue weighted by Crippen LogP contribution is 2.38. The van der Waals surface area contributed by atoms with Crippen LogP contribution in [-0.4, -0.2) is 13.0 Å². The second-order valence-corrected chi connectivity index (χ2v) is 6.58. The van der Waals surface area contributed by atoms with Crippen molar-refractivity contribution in [2.24, 2.45) is 5.41 Å². The number of halogens is 1. The van der Waals surface area contributed by atoms with Crippen molar-refractivity contribution in [1.29, 1.82) is 0 Å². The summed E-state index contributed by atoms with van der Waals surface area (Å²) in [4.78, 5) is -0.384. The third-order valence-electron chi connectivity index (χ3n) is 2.57. The van der Waals surface area contributed by atoms with Gasteiger partial charge >= 0.3 is 0 Å². The van der Waals surface area contributed by atoms with Crippen molar-refractivity contribution in [3.05, 3.63) is 29.3 Å². The molecule has 0 aromatic heterocycles. The molecule has 3 nitrogen and oxygen atoms in total. The van der Waals surface area contributed by atoms with E-state index in [1.807, 2.05) is 0 Å². The van der Waals surface area contributed by atoms with Crippen LogP contribution in [-0.2, 0) is 10.1 Å². The molecule has 0 saturated carbocycles. The van der Waals surface area contributed by atoms with Crippen LogP contribution in [0.1, 0.15) is 38.1 Å². The lowest BCUT2D eigenvalue weighted by atomic mass is 9.84. The molecule has 0 bridgehead atoms. The molecular weight excluding hydrogens is 243 g/mol. The molecule has 1 unspecified atom stereocenters. The molecule has 1 rings (SSSR count). The predicted molar refractivity (Wildman–Crippen MR) is 62.4 cm³/mol. The number of hydrogen-bond donors (Lipinski definition) is 0. The predicted octanol–water partition coefficient (Wildman–Crippen LogP) is 2.96. The van der Waals surface area contributed by atoms with Crippen LogP contribution in [0.3, 0.4) is 0 Å². The molecule has 0 N–H and O–H groups in total. The molecule has 0 heterocycles. The molecule has 0 fully saturated rings. The van der Waals surface area contributed by atoms with Crippen molar-refractivity contribution in [1.82, 2.24) is 0 Å². The number of benzene rings is 1. The van der Waals surface area contributed by atoms with Gasteiger partial charge in [-0.3, -0.25) is 0 Å². The van der Waals surface area contributed by atoms with E-state index in [2.05, 4.69) is 0 Å². The van der Waals surface area contributed by atoms with E-state index in [0.29, 0.717) is 5.56 Å². The first-order valence-corrected chi connectivity index (χ1v) is 6.65. The maximum absolute atomic E-state index is 14.2. The topological polar surface area (TPSA) is 57.2 Å². The molecule has 1 aromatic carbocycles. The van der Waals surface area contributed by atoms with E-state index >= 15 is 0 Å². The standard InChI is InChI=1S/C12H17FO3S/c1-8-5-6-9(17(14,15)16)7-10(8)11(13)12(2,3)4/h5-7,11H,1-4H3,(H,14,15,16)/p-1. The first-order chi connectivity index (χ1) is 7.53. The Labute approximate surface area is 101 Å². The second-order valence-electron chi connectivity index (χ2n) is 5.20. The minimum atomic E-state index is -4.54. The van der Waals surface area contributed by atoms with Crippen LogP contribution in [0.2, 0.25) is 0 Å². The van der Waals surface area contributed by atoms with Gasteiger partial charge in [0.15, 0.2) is 0 Å². The summed E-state index contributed by atoms with van der Waals surface area (Å²) >= 11 is 0. The molecule has 17 heavy (non-hydrogen) atoms. The zero-order valence-electron chi connectivity index (χ0n) is 10.3. The van der Waals surface area contributed by atoms with E-state index in [0.717, 1.165) is 6.07 Å². The van der Waals surface area contributed by atoms with Gasteiger partial charge < -0.3 is 4.55 Å². The lowest BCUT2D eigenvalue weighted by Crippen LogP contribution is -2.15. The summed E-state index contributed by atoms with van der Waals surface area (Å²) < 4.78 is 46.8. The van der Waals surface area contributed by atoms with E-state index < -0.39 is 21.7 Å². The molecule has 96 valence electrons. The normalized spacial score (nSPS) is 14.7. The van der Waals surface area contributed by atoms with Gasteiger partial charge in [0, 0.05) is 0 Å². The number of hydrogen-bond acceptors (Lipinski definition) is 3. The molecule has 0 spiro atoms. The fourth-order valence-electron chi connectivity index (χ4n) is 1.51. The number of rotatable bonds is 2. The van der Waals surface area contributed by atoms with Gasteiger partial charge in [0.05, 0.1) is 4.90 Å². The Morgan fingerprint density at radius 2 is 1.82 bits per heavy atom. The lowest BCUT2D eigenvalue weighted by molar-refractivity contribution is 0.164. The Morgan fingerprint density at radius 3 is 2.24 bits per heavy atom. The smallest absolute Gasteiger partial charge is 0.130 e. The van der Waals surface area contributed by atoms with Crippen LogP contribution >= 0.6 is 0 Å². The first-order valence-electron chi connectivity index (χ1n) is 5.24. The van der Waals surface area contributed by atoms with Crippen molar-refractivity contribution >= 4 is 10.1 Å². The molecule has 0 aliphatic carbocycles. The maximum Gasteiger partial charge on any atom is 0.130 e. The van der Waals surface area contributed by atoms with Gasteiger partial charge in [0.25, 0.3) is 0 Å². The minimum absolute atomic E-state index is 0.259. The van der Waals surface area contributed by atoms with Gasteiger partial charge in [0.2, 0.25) is 0 Å². The van der Waals surface area contributed by atoms with E-state index in [1.165, 1.54) is 12.1 Å². The highest BCUT2D eigenvalue weighted by atomic mass is 32.2. The lowest BCUT2D eigenvalue weighted by Gasteiger charge is -2.26. The Kier molecular flexibility index (Phi) is 3.64. The summed E-state index contributed by atoms with van der Waals surface area (Å²) in [5.41, 5.74) is 0.255. The molecule has 0 saturated heterocycles. The summed E-state index contributed by atoms with van der Waals surface area (Å²) in [6, 6.07) is 3.79. The number of alkyl halides is 1. The third kappa shape index (κ3) is 3.26. The molecule has 0 aliphatic rings. The van der Waals surface area contributed by atoms with Crippen molar-refractivity contribution in [3.63, 3.8) is 0 Å². The van der Waals surface area contributed by atoms with Crippen molar-refractivity contribution < 1.29 is 17.4 Å². The van der Waals surface area contributed by atoms with E-state index in [9.17, 15) is 17.4 Å². The molecular formula is C12H16FO3S-. The maximum atomic E-state index is 14.2.